The number of hydrogen-bond donors (Lipinski definition) is 1. The van der Waals surface area contributed by atoms with E-state index >= 15 is 0 Å². The minimum absolute atomic E-state index is 0.128. The molecule has 2 aromatic carbocycles. The largest absolute Gasteiger partial charge is 0.490 e. The fraction of sp³-hybridized carbons (Fsp3) is 0.200. The van der Waals surface area contributed by atoms with Gasteiger partial charge in [-0.1, -0.05) is 18.2 Å². The molecule has 0 saturated carbocycles. The number of carbonyl (C=O) groups excluding carboxylic acids is 1. The number of para-hydroxylation sites is 1. The van der Waals surface area contributed by atoms with E-state index in [0.29, 0.717) is 16.8 Å². The van der Waals surface area contributed by atoms with Crippen LogP contribution >= 0.6 is 0 Å². The Balaban J connectivity index is 2.18. The summed E-state index contributed by atoms with van der Waals surface area (Å²) in [5.41, 5.74) is 1.35. The van der Waals surface area contributed by atoms with Gasteiger partial charge in [-0.05, 0) is 50.6 Å². The van der Waals surface area contributed by atoms with Crippen LogP contribution in [0.15, 0.2) is 57.7 Å². The van der Waals surface area contributed by atoms with Crippen LogP contribution in [0.25, 0.3) is 11.0 Å². The van der Waals surface area contributed by atoms with Crippen LogP contribution in [0.4, 0.5) is 5.69 Å². The van der Waals surface area contributed by atoms with Gasteiger partial charge >= 0.3 is 5.63 Å². The minimum atomic E-state index is -0.500. The van der Waals surface area contributed by atoms with Gasteiger partial charge in [0, 0.05) is 17.1 Å². The standard InChI is InChI=1S/C20H19NO4/c1-12(2)24-16-10-9-15-13(3)11-17(22)25-19(15)18(16)20(23)21-14-7-5-4-6-8-14/h4-12H,1-3H3,(H,21,23). The van der Waals surface area contributed by atoms with E-state index in [1.165, 1.54) is 6.07 Å². The van der Waals surface area contributed by atoms with E-state index in [9.17, 15) is 9.59 Å². The van der Waals surface area contributed by atoms with Gasteiger partial charge < -0.3 is 14.5 Å². The Hall–Kier alpha value is -3.08. The lowest BCUT2D eigenvalue weighted by Crippen LogP contribution is -2.17. The SMILES string of the molecule is Cc1cc(=O)oc2c(C(=O)Nc3ccccc3)c(OC(C)C)ccc12. The van der Waals surface area contributed by atoms with Crippen LogP contribution in [0.1, 0.15) is 29.8 Å². The van der Waals surface area contributed by atoms with Crippen LogP contribution in [-0.4, -0.2) is 12.0 Å². The van der Waals surface area contributed by atoms with Gasteiger partial charge in [-0.15, -0.1) is 0 Å². The van der Waals surface area contributed by atoms with Crippen molar-refractivity contribution in [1.29, 1.82) is 0 Å². The fourth-order valence-corrected chi connectivity index (χ4v) is 2.65. The Morgan fingerprint density at radius 1 is 1.12 bits per heavy atom. The molecule has 3 aromatic rings. The lowest BCUT2D eigenvalue weighted by molar-refractivity contribution is 0.102. The molecule has 0 bridgehead atoms. The summed E-state index contributed by atoms with van der Waals surface area (Å²) in [6.45, 7) is 5.55. The van der Waals surface area contributed by atoms with Crippen LogP contribution in [0.5, 0.6) is 5.75 Å². The number of rotatable bonds is 4. The number of anilines is 1. The predicted octanol–water partition coefficient (Wildman–Crippen LogP) is 4.14. The quantitative estimate of drug-likeness (QED) is 0.727. The summed E-state index contributed by atoms with van der Waals surface area (Å²) in [4.78, 5) is 24.7. The zero-order chi connectivity index (χ0) is 18.0. The second-order valence-corrected chi connectivity index (χ2v) is 6.05. The molecule has 1 heterocycles. The molecule has 0 radical (unpaired) electrons. The molecular formula is C20H19NO4. The third-order valence-electron chi connectivity index (χ3n) is 3.70. The summed E-state index contributed by atoms with van der Waals surface area (Å²) < 4.78 is 11.1. The molecule has 0 aliphatic heterocycles. The van der Waals surface area contributed by atoms with Crippen LogP contribution in [-0.2, 0) is 0 Å². The van der Waals surface area contributed by atoms with E-state index in [2.05, 4.69) is 5.32 Å². The molecule has 128 valence electrons. The van der Waals surface area contributed by atoms with Gasteiger partial charge in [-0.25, -0.2) is 4.79 Å². The molecule has 0 saturated heterocycles. The third kappa shape index (κ3) is 3.55. The number of nitrogens with one attached hydrogen (secondary N) is 1. The molecule has 25 heavy (non-hydrogen) atoms. The monoisotopic (exact) mass is 337 g/mol. The van der Waals surface area contributed by atoms with Crippen molar-refractivity contribution in [2.75, 3.05) is 5.32 Å². The highest BCUT2D eigenvalue weighted by atomic mass is 16.5. The number of aryl methyl sites for hydroxylation is 1. The first-order valence-electron chi connectivity index (χ1n) is 8.06. The van der Waals surface area contributed by atoms with Gasteiger partial charge in [0.05, 0.1) is 6.10 Å². The average Bonchev–Trinajstić information content (AvgIpc) is 2.54. The maximum absolute atomic E-state index is 12.9. The zero-order valence-electron chi connectivity index (χ0n) is 14.3. The number of amides is 1. The molecule has 1 N–H and O–H groups in total. The van der Waals surface area contributed by atoms with Crippen molar-refractivity contribution in [2.24, 2.45) is 0 Å². The summed E-state index contributed by atoms with van der Waals surface area (Å²) in [6, 6.07) is 14.0. The van der Waals surface area contributed by atoms with Crippen LogP contribution in [0.3, 0.4) is 0 Å². The molecule has 5 nitrogen and oxygen atoms in total. The summed E-state index contributed by atoms with van der Waals surface area (Å²) in [7, 11) is 0. The molecule has 0 atom stereocenters. The molecule has 0 unspecified atom stereocenters. The van der Waals surface area contributed by atoms with Crippen molar-refractivity contribution < 1.29 is 13.9 Å². The number of hydrogen-bond acceptors (Lipinski definition) is 4. The lowest BCUT2D eigenvalue weighted by Gasteiger charge is -2.16. The Labute approximate surface area is 145 Å². The molecule has 0 aliphatic carbocycles. The minimum Gasteiger partial charge on any atom is -0.490 e. The molecule has 0 fully saturated rings. The highest BCUT2D eigenvalue weighted by molar-refractivity contribution is 6.13. The predicted molar refractivity (Wildman–Crippen MR) is 97.4 cm³/mol. The Morgan fingerprint density at radius 2 is 1.84 bits per heavy atom. The maximum atomic E-state index is 12.9. The molecule has 1 aromatic heterocycles. The Bertz CT molecular complexity index is 974. The first-order chi connectivity index (χ1) is 12.0. The third-order valence-corrected chi connectivity index (χ3v) is 3.70. The van der Waals surface area contributed by atoms with E-state index in [1.54, 1.807) is 31.2 Å². The fourth-order valence-electron chi connectivity index (χ4n) is 2.65. The highest BCUT2D eigenvalue weighted by Gasteiger charge is 2.21. The summed E-state index contributed by atoms with van der Waals surface area (Å²) in [5.74, 6) is -0.00844. The normalized spacial score (nSPS) is 10.9. The smallest absolute Gasteiger partial charge is 0.336 e. The highest BCUT2D eigenvalue weighted by Crippen LogP contribution is 2.30. The van der Waals surface area contributed by atoms with Gasteiger partial charge in [0.25, 0.3) is 5.91 Å². The van der Waals surface area contributed by atoms with Crippen molar-refractivity contribution >= 4 is 22.6 Å². The van der Waals surface area contributed by atoms with E-state index in [4.69, 9.17) is 9.15 Å². The van der Waals surface area contributed by atoms with Gasteiger partial charge in [-0.3, -0.25) is 4.79 Å². The van der Waals surface area contributed by atoms with Gasteiger partial charge in [0.1, 0.15) is 11.3 Å². The van der Waals surface area contributed by atoms with E-state index in [1.807, 2.05) is 32.0 Å². The van der Waals surface area contributed by atoms with E-state index in [-0.39, 0.29) is 23.2 Å². The number of benzene rings is 2. The zero-order valence-corrected chi connectivity index (χ0v) is 14.3. The van der Waals surface area contributed by atoms with Crippen LogP contribution < -0.4 is 15.7 Å². The Kier molecular flexibility index (Phi) is 4.57. The number of ether oxygens (including phenoxy) is 1. The first-order valence-corrected chi connectivity index (χ1v) is 8.06. The van der Waals surface area contributed by atoms with E-state index < -0.39 is 5.63 Å². The topological polar surface area (TPSA) is 68.5 Å². The summed E-state index contributed by atoms with van der Waals surface area (Å²) in [5, 5.41) is 3.52. The van der Waals surface area contributed by atoms with E-state index in [0.717, 1.165) is 5.56 Å². The summed E-state index contributed by atoms with van der Waals surface area (Å²) in [6.07, 6.45) is -0.128. The van der Waals surface area contributed by atoms with Gasteiger partial charge in [-0.2, -0.15) is 0 Å². The second kappa shape index (κ2) is 6.81. The molecule has 3 rings (SSSR count). The van der Waals surface area contributed by atoms with Crippen molar-refractivity contribution in [3.05, 3.63) is 70.1 Å². The van der Waals surface area contributed by atoms with Crippen molar-refractivity contribution in [3.8, 4) is 5.75 Å². The van der Waals surface area contributed by atoms with Gasteiger partial charge in [0.2, 0.25) is 0 Å². The van der Waals surface area contributed by atoms with Crippen molar-refractivity contribution in [3.63, 3.8) is 0 Å². The van der Waals surface area contributed by atoms with Crippen LogP contribution in [0.2, 0.25) is 0 Å². The first kappa shape index (κ1) is 16.8. The van der Waals surface area contributed by atoms with Crippen molar-refractivity contribution in [2.45, 2.75) is 26.9 Å². The molecule has 5 heteroatoms. The molecule has 0 aliphatic rings. The van der Waals surface area contributed by atoms with Gasteiger partial charge in [0.15, 0.2) is 5.58 Å². The number of fused-ring (bicyclic) bond motifs is 1. The Morgan fingerprint density at radius 3 is 2.52 bits per heavy atom. The average molecular weight is 337 g/mol. The lowest BCUT2D eigenvalue weighted by atomic mass is 10.1. The number of carbonyl (C=O) groups is 1. The molecular weight excluding hydrogens is 318 g/mol. The van der Waals surface area contributed by atoms with Crippen LogP contribution in [0, 0.1) is 6.92 Å². The van der Waals surface area contributed by atoms with Crippen molar-refractivity contribution in [1.82, 2.24) is 0 Å². The second-order valence-electron chi connectivity index (χ2n) is 6.05. The molecule has 0 spiro atoms. The maximum Gasteiger partial charge on any atom is 0.336 e. The summed E-state index contributed by atoms with van der Waals surface area (Å²) >= 11 is 0. The molecule has 1 amide bonds.